The molecule has 1 heterocycles. The summed E-state index contributed by atoms with van der Waals surface area (Å²) in [6, 6.07) is 4.71. The number of carboxylic acid groups (broad SMARTS) is 1. The van der Waals surface area contributed by atoms with Crippen molar-refractivity contribution in [1.82, 2.24) is 9.21 Å². The van der Waals surface area contributed by atoms with Gasteiger partial charge in [0, 0.05) is 31.7 Å². The summed E-state index contributed by atoms with van der Waals surface area (Å²) in [6.07, 6.45) is 3.18. The molecule has 134 valence electrons. The van der Waals surface area contributed by atoms with Crippen molar-refractivity contribution >= 4 is 27.6 Å². The molecule has 0 saturated carbocycles. The van der Waals surface area contributed by atoms with E-state index in [-0.39, 0.29) is 11.5 Å². The van der Waals surface area contributed by atoms with Crippen molar-refractivity contribution in [1.29, 1.82) is 0 Å². The van der Waals surface area contributed by atoms with Gasteiger partial charge < -0.3 is 5.11 Å². The van der Waals surface area contributed by atoms with Crippen molar-refractivity contribution in [2.45, 2.75) is 19.4 Å². The minimum Gasteiger partial charge on any atom is -0.478 e. The molecular weight excluding hydrogens is 352 g/mol. The van der Waals surface area contributed by atoms with Crippen LogP contribution in [0.3, 0.4) is 0 Å². The third-order valence-electron chi connectivity index (χ3n) is 4.37. The highest BCUT2D eigenvalue weighted by molar-refractivity contribution is 7.88. The standard InChI is InChI=1S/C16H23ClN2O4S/c1-18(24(2,22)23)9-12-4-3-7-19(10-12)11-14-8-13(16(20)21)5-6-15(14)17/h5-6,8,12H,3-4,7,9-11H2,1-2H3,(H,20,21). The molecule has 0 radical (unpaired) electrons. The van der Waals surface area contributed by atoms with Crippen LogP contribution >= 0.6 is 11.6 Å². The molecule has 1 unspecified atom stereocenters. The molecule has 1 aliphatic rings. The van der Waals surface area contributed by atoms with Crippen LogP contribution in [-0.2, 0) is 16.6 Å². The van der Waals surface area contributed by atoms with Crippen LogP contribution in [0.4, 0.5) is 0 Å². The lowest BCUT2D eigenvalue weighted by molar-refractivity contribution is 0.0696. The number of piperidine rings is 1. The highest BCUT2D eigenvalue weighted by Crippen LogP contribution is 2.24. The zero-order chi connectivity index (χ0) is 17.9. The first-order valence-electron chi connectivity index (χ1n) is 7.82. The monoisotopic (exact) mass is 374 g/mol. The van der Waals surface area contributed by atoms with Crippen molar-refractivity contribution in [3.8, 4) is 0 Å². The second-order valence-corrected chi connectivity index (χ2v) is 8.89. The van der Waals surface area contributed by atoms with Crippen LogP contribution in [0.5, 0.6) is 0 Å². The fraction of sp³-hybridized carbons (Fsp3) is 0.562. The number of aromatic carboxylic acids is 1. The molecule has 0 spiro atoms. The van der Waals surface area contributed by atoms with Crippen LogP contribution in [0.1, 0.15) is 28.8 Å². The number of benzene rings is 1. The molecule has 0 bridgehead atoms. The molecule has 6 nitrogen and oxygen atoms in total. The van der Waals surface area contributed by atoms with Gasteiger partial charge in [0.05, 0.1) is 11.8 Å². The van der Waals surface area contributed by atoms with Gasteiger partial charge in [-0.25, -0.2) is 17.5 Å². The number of nitrogens with zero attached hydrogens (tertiary/aromatic N) is 2. The van der Waals surface area contributed by atoms with Gasteiger partial charge in [0.15, 0.2) is 0 Å². The molecule has 1 saturated heterocycles. The van der Waals surface area contributed by atoms with Gasteiger partial charge in [0.2, 0.25) is 10.0 Å². The molecule has 0 aromatic heterocycles. The average molecular weight is 375 g/mol. The second kappa shape index (κ2) is 7.82. The van der Waals surface area contributed by atoms with E-state index < -0.39 is 16.0 Å². The Labute approximate surface area is 148 Å². The highest BCUT2D eigenvalue weighted by atomic mass is 35.5. The summed E-state index contributed by atoms with van der Waals surface area (Å²) >= 11 is 6.19. The molecule has 8 heteroatoms. The number of carboxylic acids is 1. The normalized spacial score (nSPS) is 19.6. The Morgan fingerprint density at radius 1 is 1.46 bits per heavy atom. The van der Waals surface area contributed by atoms with E-state index in [1.54, 1.807) is 19.2 Å². The van der Waals surface area contributed by atoms with Gasteiger partial charge in [-0.2, -0.15) is 0 Å². The molecule has 1 aliphatic heterocycles. The van der Waals surface area contributed by atoms with Crippen LogP contribution in [0.15, 0.2) is 18.2 Å². The first-order valence-corrected chi connectivity index (χ1v) is 10.0. The maximum Gasteiger partial charge on any atom is 0.335 e. The molecule has 2 rings (SSSR count). The second-order valence-electron chi connectivity index (χ2n) is 6.40. The van der Waals surface area contributed by atoms with E-state index in [2.05, 4.69) is 4.90 Å². The fourth-order valence-corrected chi connectivity index (χ4v) is 3.67. The summed E-state index contributed by atoms with van der Waals surface area (Å²) in [6.45, 7) is 2.73. The third kappa shape index (κ3) is 5.17. The predicted octanol–water partition coefficient (Wildman–Crippen LogP) is 2.14. The van der Waals surface area contributed by atoms with Gasteiger partial charge >= 0.3 is 5.97 Å². The molecule has 1 N–H and O–H groups in total. The summed E-state index contributed by atoms with van der Waals surface area (Å²) in [5, 5.41) is 9.66. The molecule has 24 heavy (non-hydrogen) atoms. The Morgan fingerprint density at radius 2 is 2.17 bits per heavy atom. The van der Waals surface area contributed by atoms with Crippen molar-refractivity contribution in [2.75, 3.05) is 32.9 Å². The largest absolute Gasteiger partial charge is 0.478 e. The van der Waals surface area contributed by atoms with Crippen LogP contribution in [0, 0.1) is 5.92 Å². The lowest BCUT2D eigenvalue weighted by Gasteiger charge is -2.34. The van der Waals surface area contributed by atoms with Crippen LogP contribution in [0.25, 0.3) is 0 Å². The molecule has 1 aromatic carbocycles. The SMILES string of the molecule is CN(CC1CCCN(Cc2cc(C(=O)O)ccc2Cl)C1)S(C)(=O)=O. The zero-order valence-electron chi connectivity index (χ0n) is 13.9. The number of hydrogen-bond donors (Lipinski definition) is 1. The molecule has 1 atom stereocenters. The maximum atomic E-state index is 11.6. The number of halogens is 1. The Morgan fingerprint density at radius 3 is 2.79 bits per heavy atom. The lowest BCUT2D eigenvalue weighted by Crippen LogP contribution is -2.41. The molecule has 1 aromatic rings. The predicted molar refractivity (Wildman–Crippen MR) is 93.9 cm³/mol. The molecule has 1 fully saturated rings. The van der Waals surface area contributed by atoms with Crippen LogP contribution in [0.2, 0.25) is 5.02 Å². The van der Waals surface area contributed by atoms with Crippen molar-refractivity contribution in [3.63, 3.8) is 0 Å². The first-order chi connectivity index (χ1) is 11.2. The average Bonchev–Trinajstić information content (AvgIpc) is 2.48. The number of likely N-dealkylation sites (tertiary alicyclic amines) is 1. The minimum atomic E-state index is -3.17. The van der Waals surface area contributed by atoms with Gasteiger partial charge in [0.1, 0.15) is 0 Å². The lowest BCUT2D eigenvalue weighted by atomic mass is 9.97. The smallest absolute Gasteiger partial charge is 0.335 e. The Bertz CT molecular complexity index is 708. The Kier molecular flexibility index (Phi) is 6.25. The quantitative estimate of drug-likeness (QED) is 0.825. The summed E-state index contributed by atoms with van der Waals surface area (Å²) < 4.78 is 24.5. The van der Waals surface area contributed by atoms with Crippen molar-refractivity contribution in [2.24, 2.45) is 5.92 Å². The van der Waals surface area contributed by atoms with Gasteiger partial charge in [-0.1, -0.05) is 11.6 Å². The first kappa shape index (κ1) is 19.2. The van der Waals surface area contributed by atoms with E-state index in [0.717, 1.165) is 31.5 Å². The van der Waals surface area contributed by atoms with Crippen LogP contribution < -0.4 is 0 Å². The Balaban J connectivity index is 2.03. The maximum absolute atomic E-state index is 11.6. The summed E-state index contributed by atoms with van der Waals surface area (Å²) in [5.74, 6) is -0.709. The van der Waals surface area contributed by atoms with Gasteiger partial charge in [-0.15, -0.1) is 0 Å². The van der Waals surface area contributed by atoms with Gasteiger partial charge in [-0.05, 0) is 49.1 Å². The van der Waals surface area contributed by atoms with E-state index in [9.17, 15) is 13.2 Å². The fourth-order valence-electron chi connectivity index (χ4n) is 3.01. The van der Waals surface area contributed by atoms with Crippen molar-refractivity contribution < 1.29 is 18.3 Å². The van der Waals surface area contributed by atoms with Gasteiger partial charge in [0.25, 0.3) is 0 Å². The summed E-state index contributed by atoms with van der Waals surface area (Å²) in [5.41, 5.74) is 1.01. The topological polar surface area (TPSA) is 77.9 Å². The van der Waals surface area contributed by atoms with Crippen molar-refractivity contribution in [3.05, 3.63) is 34.3 Å². The number of sulfonamides is 1. The molecular formula is C16H23ClN2O4S. The minimum absolute atomic E-state index is 0.222. The summed E-state index contributed by atoms with van der Waals surface area (Å²) in [7, 11) is -1.57. The summed E-state index contributed by atoms with van der Waals surface area (Å²) in [4.78, 5) is 13.3. The van der Waals surface area contributed by atoms with Gasteiger partial charge in [-0.3, -0.25) is 4.90 Å². The van der Waals surface area contributed by atoms with E-state index in [1.165, 1.54) is 16.6 Å². The molecule has 0 aliphatic carbocycles. The third-order valence-corrected chi connectivity index (χ3v) is 6.02. The van der Waals surface area contributed by atoms with Crippen LogP contribution in [-0.4, -0.2) is 61.6 Å². The van der Waals surface area contributed by atoms with E-state index in [0.29, 0.717) is 18.1 Å². The molecule has 0 amide bonds. The number of rotatable bonds is 6. The van der Waals surface area contributed by atoms with E-state index in [4.69, 9.17) is 16.7 Å². The van der Waals surface area contributed by atoms with E-state index in [1.807, 2.05) is 0 Å². The number of hydrogen-bond acceptors (Lipinski definition) is 4. The Hall–Kier alpha value is -1.15. The highest BCUT2D eigenvalue weighted by Gasteiger charge is 2.24. The van der Waals surface area contributed by atoms with E-state index >= 15 is 0 Å². The number of carbonyl (C=O) groups is 1. The zero-order valence-corrected chi connectivity index (χ0v) is 15.5.